The monoisotopic (exact) mass is 383 g/mol. The largest absolute Gasteiger partial charge is 0.508 e. The Morgan fingerprint density at radius 2 is 1.72 bits per heavy atom. The summed E-state index contributed by atoms with van der Waals surface area (Å²) in [6.45, 7) is 3.64. The number of pyridine rings is 1. The molecule has 0 atom stereocenters. The molecule has 3 heterocycles. The van der Waals surface area contributed by atoms with Crippen LogP contribution >= 0.6 is 0 Å². The van der Waals surface area contributed by atoms with E-state index in [0.717, 1.165) is 11.1 Å². The summed E-state index contributed by atoms with van der Waals surface area (Å²) in [5, 5.41) is 22.9. The topological polar surface area (TPSA) is 109 Å². The molecule has 4 rings (SSSR count). The van der Waals surface area contributed by atoms with Crippen molar-refractivity contribution in [3.8, 4) is 45.8 Å². The molecule has 7 nitrogen and oxygen atoms in total. The maximum Gasteiger partial charge on any atom is 0.187 e. The first-order valence-corrected chi connectivity index (χ1v) is 8.93. The standard InChI is InChI=1S/C22H17N5O2/c1-22(2,13-23)21-9-15(7-8-25-21)18-11-24-12-19(26-18)20-10-17(27-29-20)14-3-5-16(28)6-4-14/h3-12,28H,1-2H3. The first-order valence-electron chi connectivity index (χ1n) is 8.93. The van der Waals surface area contributed by atoms with Gasteiger partial charge in [-0.2, -0.15) is 5.26 Å². The molecule has 1 aromatic carbocycles. The Morgan fingerprint density at radius 1 is 0.966 bits per heavy atom. The fraction of sp³-hybridized carbons (Fsp3) is 0.136. The third-order valence-corrected chi connectivity index (χ3v) is 4.54. The lowest BCUT2D eigenvalue weighted by atomic mass is 9.90. The summed E-state index contributed by atoms with van der Waals surface area (Å²) in [5.41, 5.74) is 3.41. The molecule has 0 amide bonds. The summed E-state index contributed by atoms with van der Waals surface area (Å²) in [6, 6.07) is 14.4. The smallest absolute Gasteiger partial charge is 0.187 e. The van der Waals surface area contributed by atoms with E-state index in [1.165, 1.54) is 0 Å². The van der Waals surface area contributed by atoms with E-state index in [2.05, 4.69) is 26.2 Å². The first-order chi connectivity index (χ1) is 14.0. The van der Waals surface area contributed by atoms with Crippen LogP contribution in [0.2, 0.25) is 0 Å². The molecule has 7 heteroatoms. The van der Waals surface area contributed by atoms with Crippen molar-refractivity contribution < 1.29 is 9.63 Å². The van der Waals surface area contributed by atoms with Gasteiger partial charge in [-0.1, -0.05) is 5.16 Å². The van der Waals surface area contributed by atoms with Crippen LogP contribution in [0.25, 0.3) is 34.0 Å². The average molecular weight is 383 g/mol. The van der Waals surface area contributed by atoms with Crippen molar-refractivity contribution in [1.82, 2.24) is 20.1 Å². The van der Waals surface area contributed by atoms with Crippen molar-refractivity contribution in [3.05, 3.63) is 66.7 Å². The third kappa shape index (κ3) is 3.69. The lowest BCUT2D eigenvalue weighted by Gasteiger charge is -2.15. The van der Waals surface area contributed by atoms with Gasteiger partial charge in [-0.25, -0.2) is 4.98 Å². The second kappa shape index (κ2) is 7.17. The normalized spacial score (nSPS) is 11.2. The fourth-order valence-electron chi connectivity index (χ4n) is 2.78. The number of hydrogen-bond donors (Lipinski definition) is 1. The molecule has 142 valence electrons. The molecule has 0 aliphatic heterocycles. The molecule has 0 saturated carbocycles. The molecular weight excluding hydrogens is 366 g/mol. The SMILES string of the molecule is CC(C)(C#N)c1cc(-c2cncc(-c3cc(-c4ccc(O)cc4)no3)n2)ccn1. The Balaban J connectivity index is 1.68. The fourth-order valence-corrected chi connectivity index (χ4v) is 2.78. The number of nitrogens with zero attached hydrogens (tertiary/aromatic N) is 5. The maximum absolute atomic E-state index is 9.43. The van der Waals surface area contributed by atoms with Crippen LogP contribution in [-0.4, -0.2) is 25.2 Å². The maximum atomic E-state index is 9.43. The van der Waals surface area contributed by atoms with E-state index in [1.807, 2.05) is 26.0 Å². The van der Waals surface area contributed by atoms with Crippen LogP contribution in [0.3, 0.4) is 0 Å². The van der Waals surface area contributed by atoms with E-state index >= 15 is 0 Å². The van der Waals surface area contributed by atoms with Crippen LogP contribution in [0.1, 0.15) is 19.5 Å². The number of phenolic OH excluding ortho intramolecular Hbond substituents is 1. The van der Waals surface area contributed by atoms with Crippen LogP contribution < -0.4 is 0 Å². The van der Waals surface area contributed by atoms with Crippen LogP contribution in [0.15, 0.2) is 65.6 Å². The summed E-state index contributed by atoms with van der Waals surface area (Å²) in [5.74, 6) is 0.668. The van der Waals surface area contributed by atoms with Gasteiger partial charge in [0.1, 0.15) is 17.1 Å². The van der Waals surface area contributed by atoms with E-state index in [1.54, 1.807) is 48.9 Å². The average Bonchev–Trinajstić information content (AvgIpc) is 3.25. The minimum absolute atomic E-state index is 0.187. The van der Waals surface area contributed by atoms with Crippen LogP contribution in [-0.2, 0) is 5.41 Å². The number of aromatic nitrogens is 4. The number of hydrogen-bond acceptors (Lipinski definition) is 7. The number of aromatic hydroxyl groups is 1. The quantitative estimate of drug-likeness (QED) is 0.557. The number of nitriles is 1. The molecule has 0 fully saturated rings. The van der Waals surface area contributed by atoms with Crippen molar-refractivity contribution in [1.29, 1.82) is 5.26 Å². The molecule has 4 aromatic rings. The van der Waals surface area contributed by atoms with Crippen LogP contribution in [0.5, 0.6) is 5.75 Å². The zero-order chi connectivity index (χ0) is 20.4. The van der Waals surface area contributed by atoms with Crippen LogP contribution in [0.4, 0.5) is 0 Å². The van der Waals surface area contributed by atoms with Gasteiger partial charge in [0.2, 0.25) is 0 Å². The molecule has 0 aliphatic rings. The Kier molecular flexibility index (Phi) is 4.53. The minimum Gasteiger partial charge on any atom is -0.508 e. The van der Waals surface area contributed by atoms with Gasteiger partial charge in [0.15, 0.2) is 5.76 Å². The summed E-state index contributed by atoms with van der Waals surface area (Å²) in [4.78, 5) is 13.2. The molecule has 1 N–H and O–H groups in total. The first kappa shape index (κ1) is 18.3. The predicted octanol–water partition coefficient (Wildman–Crippen LogP) is 4.37. The van der Waals surface area contributed by atoms with Gasteiger partial charge in [-0.05, 0) is 50.2 Å². The molecular formula is C22H17N5O2. The molecule has 0 aliphatic carbocycles. The molecule has 3 aromatic heterocycles. The van der Waals surface area contributed by atoms with Crippen molar-refractivity contribution in [2.75, 3.05) is 0 Å². The Bertz CT molecular complexity index is 1210. The molecule has 0 radical (unpaired) electrons. The van der Waals surface area contributed by atoms with Gasteiger partial charge >= 0.3 is 0 Å². The Morgan fingerprint density at radius 3 is 2.48 bits per heavy atom. The van der Waals surface area contributed by atoms with E-state index in [-0.39, 0.29) is 5.75 Å². The number of phenols is 1. The lowest BCUT2D eigenvalue weighted by Crippen LogP contribution is -2.15. The molecule has 29 heavy (non-hydrogen) atoms. The van der Waals surface area contributed by atoms with Gasteiger partial charge in [0, 0.05) is 23.4 Å². The second-order valence-electron chi connectivity index (χ2n) is 7.08. The summed E-state index contributed by atoms with van der Waals surface area (Å²) >= 11 is 0. The minimum atomic E-state index is -0.703. The van der Waals surface area contributed by atoms with Gasteiger partial charge in [-0.15, -0.1) is 0 Å². The lowest BCUT2D eigenvalue weighted by molar-refractivity contribution is 0.433. The summed E-state index contributed by atoms with van der Waals surface area (Å²) < 4.78 is 5.45. The van der Waals surface area contributed by atoms with Gasteiger partial charge < -0.3 is 9.63 Å². The molecule has 0 unspecified atom stereocenters. The van der Waals surface area contributed by atoms with E-state index < -0.39 is 5.41 Å². The van der Waals surface area contributed by atoms with E-state index in [0.29, 0.717) is 28.5 Å². The number of benzene rings is 1. The molecule has 0 bridgehead atoms. The van der Waals surface area contributed by atoms with Crippen LogP contribution in [0, 0.1) is 11.3 Å². The highest BCUT2D eigenvalue weighted by atomic mass is 16.5. The summed E-state index contributed by atoms with van der Waals surface area (Å²) in [7, 11) is 0. The van der Waals surface area contributed by atoms with Crippen molar-refractivity contribution in [2.24, 2.45) is 0 Å². The van der Waals surface area contributed by atoms with Crippen molar-refractivity contribution in [2.45, 2.75) is 19.3 Å². The molecule has 0 saturated heterocycles. The van der Waals surface area contributed by atoms with E-state index in [4.69, 9.17) is 4.52 Å². The second-order valence-corrected chi connectivity index (χ2v) is 7.08. The van der Waals surface area contributed by atoms with Gasteiger partial charge in [0.05, 0.1) is 35.3 Å². The zero-order valence-electron chi connectivity index (χ0n) is 15.9. The predicted molar refractivity (Wildman–Crippen MR) is 106 cm³/mol. The van der Waals surface area contributed by atoms with Gasteiger partial charge in [-0.3, -0.25) is 9.97 Å². The Hall–Kier alpha value is -4.05. The Labute approximate surface area is 167 Å². The van der Waals surface area contributed by atoms with Crippen molar-refractivity contribution in [3.63, 3.8) is 0 Å². The van der Waals surface area contributed by atoms with Gasteiger partial charge in [0.25, 0.3) is 0 Å². The number of rotatable bonds is 4. The third-order valence-electron chi connectivity index (χ3n) is 4.54. The highest BCUT2D eigenvalue weighted by Gasteiger charge is 2.22. The van der Waals surface area contributed by atoms with E-state index in [9.17, 15) is 10.4 Å². The summed E-state index contributed by atoms with van der Waals surface area (Å²) in [6.07, 6.45) is 4.92. The highest BCUT2D eigenvalue weighted by molar-refractivity contribution is 5.67. The molecule has 0 spiro atoms. The zero-order valence-corrected chi connectivity index (χ0v) is 15.9. The highest BCUT2D eigenvalue weighted by Crippen LogP contribution is 2.28. The van der Waals surface area contributed by atoms with Crippen molar-refractivity contribution >= 4 is 0 Å².